The van der Waals surface area contributed by atoms with Gasteiger partial charge in [-0.25, -0.2) is 4.79 Å². The Bertz CT molecular complexity index is 477. The first kappa shape index (κ1) is 12.7. The lowest BCUT2D eigenvalue weighted by Crippen LogP contribution is -2.39. The summed E-state index contributed by atoms with van der Waals surface area (Å²) in [6.45, 7) is 0.504. The standard InChI is InChI=1S/C10H13F3N4O/c11-10(12,13)6-1-3-17(4-2-6)7-5-15-9(18)16-8(7)14/h5-6H,1-4H2,(H3,14,15,16,18). The monoisotopic (exact) mass is 262 g/mol. The van der Waals surface area contributed by atoms with Crippen molar-refractivity contribution < 1.29 is 13.2 Å². The second-order valence-corrected chi connectivity index (χ2v) is 4.29. The Morgan fingerprint density at radius 1 is 1.39 bits per heavy atom. The third-order valence-electron chi connectivity index (χ3n) is 3.12. The summed E-state index contributed by atoms with van der Waals surface area (Å²) in [5.41, 5.74) is 5.53. The number of hydrogen-bond donors (Lipinski definition) is 2. The van der Waals surface area contributed by atoms with Crippen molar-refractivity contribution in [1.82, 2.24) is 9.97 Å². The Kier molecular flexibility index (Phi) is 3.18. The van der Waals surface area contributed by atoms with Crippen molar-refractivity contribution in [3.63, 3.8) is 0 Å². The molecule has 0 saturated carbocycles. The molecule has 0 spiro atoms. The summed E-state index contributed by atoms with van der Waals surface area (Å²) in [4.78, 5) is 18.5. The minimum absolute atomic E-state index is 0.0298. The zero-order chi connectivity index (χ0) is 13.3. The fraction of sp³-hybridized carbons (Fsp3) is 0.600. The summed E-state index contributed by atoms with van der Waals surface area (Å²) in [6.07, 6.45) is -2.78. The van der Waals surface area contributed by atoms with Crippen LogP contribution in [0.15, 0.2) is 11.0 Å². The van der Waals surface area contributed by atoms with E-state index in [1.807, 2.05) is 0 Å². The van der Waals surface area contributed by atoms with Gasteiger partial charge in [0.05, 0.1) is 17.8 Å². The van der Waals surface area contributed by atoms with Crippen LogP contribution in [-0.2, 0) is 0 Å². The van der Waals surface area contributed by atoms with Gasteiger partial charge in [-0.1, -0.05) is 0 Å². The third-order valence-corrected chi connectivity index (χ3v) is 3.12. The van der Waals surface area contributed by atoms with E-state index in [1.165, 1.54) is 6.20 Å². The van der Waals surface area contributed by atoms with Crippen molar-refractivity contribution >= 4 is 11.5 Å². The normalized spacial score (nSPS) is 18.1. The van der Waals surface area contributed by atoms with Crippen LogP contribution in [0, 0.1) is 5.92 Å². The SMILES string of the molecule is Nc1[nH]c(=O)ncc1N1CCC(C(F)(F)F)CC1. The molecule has 1 fully saturated rings. The fourth-order valence-corrected chi connectivity index (χ4v) is 2.10. The zero-order valence-corrected chi connectivity index (χ0v) is 9.50. The van der Waals surface area contributed by atoms with Crippen molar-refractivity contribution in [3.05, 3.63) is 16.7 Å². The van der Waals surface area contributed by atoms with E-state index in [0.29, 0.717) is 5.69 Å². The number of anilines is 2. The highest BCUT2D eigenvalue weighted by Gasteiger charge is 2.41. The predicted octanol–water partition coefficient (Wildman–Crippen LogP) is 1.13. The Morgan fingerprint density at radius 2 is 2.00 bits per heavy atom. The van der Waals surface area contributed by atoms with Crippen molar-refractivity contribution in [3.8, 4) is 0 Å². The summed E-state index contributed by atoms with van der Waals surface area (Å²) in [5.74, 6) is -1.12. The molecular formula is C10H13F3N4O. The van der Waals surface area contributed by atoms with Crippen molar-refractivity contribution in [2.75, 3.05) is 23.7 Å². The third kappa shape index (κ3) is 2.57. The lowest BCUT2D eigenvalue weighted by Gasteiger charge is -2.34. The van der Waals surface area contributed by atoms with Crippen LogP contribution in [0.3, 0.4) is 0 Å². The molecule has 1 aromatic rings. The van der Waals surface area contributed by atoms with Crippen LogP contribution < -0.4 is 16.3 Å². The van der Waals surface area contributed by atoms with Gasteiger partial charge in [0.15, 0.2) is 0 Å². The molecule has 0 atom stereocenters. The molecule has 1 saturated heterocycles. The summed E-state index contributed by atoms with van der Waals surface area (Å²) in [5, 5.41) is 0. The van der Waals surface area contributed by atoms with E-state index >= 15 is 0 Å². The first-order chi connectivity index (χ1) is 8.38. The Hall–Kier alpha value is -1.73. The minimum Gasteiger partial charge on any atom is -0.383 e. The number of piperidine rings is 1. The maximum absolute atomic E-state index is 12.5. The molecule has 5 nitrogen and oxygen atoms in total. The maximum Gasteiger partial charge on any atom is 0.391 e. The molecule has 1 aliphatic heterocycles. The highest BCUT2D eigenvalue weighted by Crippen LogP contribution is 2.35. The second kappa shape index (κ2) is 4.51. The molecule has 0 aliphatic carbocycles. The quantitative estimate of drug-likeness (QED) is 0.795. The first-order valence-corrected chi connectivity index (χ1v) is 5.54. The lowest BCUT2D eigenvalue weighted by molar-refractivity contribution is -0.179. The topological polar surface area (TPSA) is 75.0 Å². The number of nitrogen functional groups attached to an aromatic ring is 1. The summed E-state index contributed by atoms with van der Waals surface area (Å²) >= 11 is 0. The van der Waals surface area contributed by atoms with E-state index in [0.717, 1.165) is 0 Å². The van der Waals surface area contributed by atoms with Gasteiger partial charge in [0.25, 0.3) is 0 Å². The smallest absolute Gasteiger partial charge is 0.383 e. The Balaban J connectivity index is 2.08. The molecule has 1 aromatic heterocycles. The van der Waals surface area contributed by atoms with Gasteiger partial charge >= 0.3 is 11.9 Å². The predicted molar refractivity (Wildman–Crippen MR) is 60.3 cm³/mol. The van der Waals surface area contributed by atoms with Gasteiger partial charge in [-0.15, -0.1) is 0 Å². The number of aromatic amines is 1. The number of halogens is 3. The van der Waals surface area contributed by atoms with Gasteiger partial charge in [0, 0.05) is 13.1 Å². The van der Waals surface area contributed by atoms with Crippen LogP contribution in [-0.4, -0.2) is 29.2 Å². The molecule has 1 aliphatic rings. The van der Waals surface area contributed by atoms with Gasteiger partial charge in [-0.05, 0) is 12.8 Å². The molecule has 0 unspecified atom stereocenters. The van der Waals surface area contributed by atoms with Gasteiger partial charge < -0.3 is 10.6 Å². The number of nitrogens with one attached hydrogen (secondary N) is 1. The summed E-state index contributed by atoms with van der Waals surface area (Å²) < 4.78 is 37.5. The average molecular weight is 262 g/mol. The lowest BCUT2D eigenvalue weighted by atomic mass is 9.96. The molecule has 0 bridgehead atoms. The molecule has 100 valence electrons. The van der Waals surface area contributed by atoms with Crippen LogP contribution in [0.2, 0.25) is 0 Å². The molecule has 0 amide bonds. The van der Waals surface area contributed by atoms with Crippen molar-refractivity contribution in [1.29, 1.82) is 0 Å². The highest BCUT2D eigenvalue weighted by molar-refractivity contribution is 5.61. The number of aromatic nitrogens is 2. The summed E-state index contributed by atoms with van der Waals surface area (Å²) in [7, 11) is 0. The number of hydrogen-bond acceptors (Lipinski definition) is 4. The van der Waals surface area contributed by atoms with Gasteiger partial charge in [-0.3, -0.25) is 4.98 Å². The molecule has 0 radical (unpaired) electrons. The average Bonchev–Trinajstić information content (AvgIpc) is 2.28. The van der Waals surface area contributed by atoms with Crippen LogP contribution in [0.5, 0.6) is 0 Å². The molecule has 18 heavy (non-hydrogen) atoms. The van der Waals surface area contributed by atoms with E-state index in [2.05, 4.69) is 9.97 Å². The van der Waals surface area contributed by atoms with Crippen molar-refractivity contribution in [2.24, 2.45) is 5.92 Å². The van der Waals surface area contributed by atoms with Crippen LogP contribution >= 0.6 is 0 Å². The number of alkyl halides is 3. The number of H-pyrrole nitrogens is 1. The molecule has 2 heterocycles. The van der Waals surface area contributed by atoms with E-state index in [4.69, 9.17) is 5.73 Å². The minimum atomic E-state index is -4.14. The molecular weight excluding hydrogens is 249 g/mol. The molecule has 0 aromatic carbocycles. The molecule has 8 heteroatoms. The number of nitrogens with two attached hydrogens (primary N) is 1. The van der Waals surface area contributed by atoms with Crippen LogP contribution in [0.4, 0.5) is 24.7 Å². The van der Waals surface area contributed by atoms with E-state index in [9.17, 15) is 18.0 Å². The number of rotatable bonds is 1. The van der Waals surface area contributed by atoms with Crippen molar-refractivity contribution in [2.45, 2.75) is 19.0 Å². The summed E-state index contributed by atoms with van der Waals surface area (Å²) in [6, 6.07) is 0. The Labute approximate surface area is 101 Å². The van der Waals surface area contributed by atoms with Crippen LogP contribution in [0.1, 0.15) is 12.8 Å². The Morgan fingerprint density at radius 3 is 2.50 bits per heavy atom. The largest absolute Gasteiger partial charge is 0.391 e. The van der Waals surface area contributed by atoms with E-state index in [-0.39, 0.29) is 31.7 Å². The maximum atomic E-state index is 12.5. The fourth-order valence-electron chi connectivity index (χ4n) is 2.10. The number of nitrogens with zero attached hydrogens (tertiary/aromatic N) is 2. The van der Waals surface area contributed by atoms with E-state index in [1.54, 1.807) is 4.90 Å². The van der Waals surface area contributed by atoms with Gasteiger partial charge in [0.2, 0.25) is 0 Å². The first-order valence-electron chi connectivity index (χ1n) is 5.54. The molecule has 2 rings (SSSR count). The molecule has 3 N–H and O–H groups in total. The van der Waals surface area contributed by atoms with Crippen LogP contribution in [0.25, 0.3) is 0 Å². The van der Waals surface area contributed by atoms with Gasteiger partial charge in [-0.2, -0.15) is 18.2 Å². The van der Waals surface area contributed by atoms with Gasteiger partial charge in [0.1, 0.15) is 5.82 Å². The second-order valence-electron chi connectivity index (χ2n) is 4.29. The van der Waals surface area contributed by atoms with E-state index < -0.39 is 17.8 Å². The zero-order valence-electron chi connectivity index (χ0n) is 9.50. The highest BCUT2D eigenvalue weighted by atomic mass is 19.4.